The Bertz CT molecular complexity index is 561. The van der Waals surface area contributed by atoms with Gasteiger partial charge in [-0.25, -0.2) is 0 Å². The fourth-order valence-corrected chi connectivity index (χ4v) is 2.17. The molecule has 2 heteroatoms. The third-order valence-electron chi connectivity index (χ3n) is 2.83. The van der Waals surface area contributed by atoms with Crippen LogP contribution >= 0.6 is 11.6 Å². The molecule has 0 aromatic heterocycles. The first-order valence-electron chi connectivity index (χ1n) is 5.96. The predicted molar refractivity (Wildman–Crippen MR) is 75.0 cm³/mol. The SMILES string of the molecule is Cc1cccc(CC(=O)Cc2ccccc2Cl)c1. The molecule has 2 aromatic rings. The molecule has 0 heterocycles. The van der Waals surface area contributed by atoms with E-state index in [1.807, 2.05) is 55.5 Å². The van der Waals surface area contributed by atoms with Gasteiger partial charge in [0.1, 0.15) is 5.78 Å². The maximum atomic E-state index is 12.0. The average molecular weight is 259 g/mol. The number of carbonyl (C=O) groups is 1. The smallest absolute Gasteiger partial charge is 0.141 e. The van der Waals surface area contributed by atoms with E-state index in [1.165, 1.54) is 5.56 Å². The van der Waals surface area contributed by atoms with E-state index < -0.39 is 0 Å². The summed E-state index contributed by atoms with van der Waals surface area (Å²) < 4.78 is 0. The first-order valence-corrected chi connectivity index (χ1v) is 6.33. The van der Waals surface area contributed by atoms with Gasteiger partial charge in [0, 0.05) is 17.9 Å². The van der Waals surface area contributed by atoms with Crippen molar-refractivity contribution in [2.75, 3.05) is 0 Å². The lowest BCUT2D eigenvalue weighted by molar-refractivity contribution is -0.117. The molecule has 0 unspecified atom stereocenters. The quantitative estimate of drug-likeness (QED) is 0.810. The summed E-state index contributed by atoms with van der Waals surface area (Å²) >= 11 is 6.04. The molecule has 0 aliphatic rings. The second-order valence-electron chi connectivity index (χ2n) is 4.47. The average Bonchev–Trinajstić information content (AvgIpc) is 2.32. The third-order valence-corrected chi connectivity index (χ3v) is 3.20. The van der Waals surface area contributed by atoms with E-state index >= 15 is 0 Å². The van der Waals surface area contributed by atoms with Crippen LogP contribution < -0.4 is 0 Å². The van der Waals surface area contributed by atoms with Crippen molar-refractivity contribution in [1.82, 2.24) is 0 Å². The fourth-order valence-electron chi connectivity index (χ4n) is 1.97. The van der Waals surface area contributed by atoms with Crippen LogP contribution in [0.3, 0.4) is 0 Å². The van der Waals surface area contributed by atoms with Crippen molar-refractivity contribution in [2.45, 2.75) is 19.8 Å². The number of aryl methyl sites for hydroxylation is 1. The van der Waals surface area contributed by atoms with E-state index in [9.17, 15) is 4.79 Å². The Morgan fingerprint density at radius 2 is 1.83 bits per heavy atom. The summed E-state index contributed by atoms with van der Waals surface area (Å²) in [6.07, 6.45) is 0.862. The molecule has 0 N–H and O–H groups in total. The Morgan fingerprint density at radius 3 is 2.56 bits per heavy atom. The molecular formula is C16H15ClO. The molecule has 0 amide bonds. The van der Waals surface area contributed by atoms with E-state index in [0.29, 0.717) is 17.9 Å². The molecule has 2 aromatic carbocycles. The maximum Gasteiger partial charge on any atom is 0.141 e. The molecule has 2 rings (SSSR count). The molecule has 0 saturated carbocycles. The molecule has 0 atom stereocenters. The number of ketones is 1. The van der Waals surface area contributed by atoms with Crippen LogP contribution in [0.4, 0.5) is 0 Å². The van der Waals surface area contributed by atoms with Gasteiger partial charge in [0.2, 0.25) is 0 Å². The van der Waals surface area contributed by atoms with Gasteiger partial charge in [-0.3, -0.25) is 4.79 Å². The first kappa shape index (κ1) is 12.8. The standard InChI is InChI=1S/C16H15ClO/c1-12-5-4-6-13(9-12)10-15(18)11-14-7-2-3-8-16(14)17/h2-9H,10-11H2,1H3. The van der Waals surface area contributed by atoms with E-state index in [4.69, 9.17) is 11.6 Å². The van der Waals surface area contributed by atoms with Crippen LogP contribution in [0.5, 0.6) is 0 Å². The second kappa shape index (κ2) is 5.83. The lowest BCUT2D eigenvalue weighted by atomic mass is 10.0. The van der Waals surface area contributed by atoms with Gasteiger partial charge in [-0.15, -0.1) is 0 Å². The van der Waals surface area contributed by atoms with Gasteiger partial charge in [0.05, 0.1) is 0 Å². The van der Waals surface area contributed by atoms with Crippen molar-refractivity contribution in [3.63, 3.8) is 0 Å². The molecule has 0 fully saturated rings. The number of Topliss-reactive ketones (excluding diaryl/α,β-unsaturated/α-hetero) is 1. The summed E-state index contributed by atoms with van der Waals surface area (Å²) in [5.41, 5.74) is 3.14. The van der Waals surface area contributed by atoms with Crippen LogP contribution in [0.2, 0.25) is 5.02 Å². The van der Waals surface area contributed by atoms with Gasteiger partial charge in [-0.2, -0.15) is 0 Å². The summed E-state index contributed by atoms with van der Waals surface area (Å²) in [5, 5.41) is 0.662. The number of hydrogen-bond acceptors (Lipinski definition) is 1. The predicted octanol–water partition coefficient (Wildman–Crippen LogP) is 4.00. The minimum atomic E-state index is 0.189. The minimum absolute atomic E-state index is 0.189. The Morgan fingerprint density at radius 1 is 1.06 bits per heavy atom. The number of rotatable bonds is 4. The van der Waals surface area contributed by atoms with Crippen LogP contribution in [-0.4, -0.2) is 5.78 Å². The molecule has 0 spiro atoms. The topological polar surface area (TPSA) is 17.1 Å². The van der Waals surface area contributed by atoms with Gasteiger partial charge >= 0.3 is 0 Å². The monoisotopic (exact) mass is 258 g/mol. The number of halogens is 1. The summed E-state index contributed by atoms with van der Waals surface area (Å²) in [5.74, 6) is 0.189. The molecule has 1 nitrogen and oxygen atoms in total. The van der Waals surface area contributed by atoms with Crippen molar-refractivity contribution < 1.29 is 4.79 Å². The van der Waals surface area contributed by atoms with E-state index in [-0.39, 0.29) is 5.78 Å². The van der Waals surface area contributed by atoms with Crippen LogP contribution in [0.1, 0.15) is 16.7 Å². The van der Waals surface area contributed by atoms with Gasteiger partial charge in [0.25, 0.3) is 0 Å². The highest BCUT2D eigenvalue weighted by Gasteiger charge is 2.07. The largest absolute Gasteiger partial charge is 0.299 e. The Kier molecular flexibility index (Phi) is 4.16. The number of hydrogen-bond donors (Lipinski definition) is 0. The van der Waals surface area contributed by atoms with Crippen molar-refractivity contribution in [2.24, 2.45) is 0 Å². The van der Waals surface area contributed by atoms with Crippen molar-refractivity contribution in [3.8, 4) is 0 Å². The zero-order chi connectivity index (χ0) is 13.0. The van der Waals surface area contributed by atoms with Crippen LogP contribution in [0.15, 0.2) is 48.5 Å². The van der Waals surface area contributed by atoms with Gasteiger partial charge in [0.15, 0.2) is 0 Å². The fraction of sp³-hybridized carbons (Fsp3) is 0.188. The highest BCUT2D eigenvalue weighted by Crippen LogP contribution is 2.16. The lowest BCUT2D eigenvalue weighted by Crippen LogP contribution is -2.07. The summed E-state index contributed by atoms with van der Waals surface area (Å²) in [6, 6.07) is 15.5. The highest BCUT2D eigenvalue weighted by atomic mass is 35.5. The Hall–Kier alpha value is -1.60. The zero-order valence-electron chi connectivity index (χ0n) is 10.3. The van der Waals surface area contributed by atoms with Crippen molar-refractivity contribution in [1.29, 1.82) is 0 Å². The molecule has 0 bridgehead atoms. The lowest BCUT2D eigenvalue weighted by Gasteiger charge is -2.04. The second-order valence-corrected chi connectivity index (χ2v) is 4.88. The van der Waals surface area contributed by atoms with Crippen molar-refractivity contribution >= 4 is 17.4 Å². The van der Waals surface area contributed by atoms with Crippen LogP contribution in [0, 0.1) is 6.92 Å². The third kappa shape index (κ3) is 3.44. The first-order chi connectivity index (χ1) is 8.65. The van der Waals surface area contributed by atoms with Gasteiger partial charge in [-0.05, 0) is 24.1 Å². The van der Waals surface area contributed by atoms with E-state index in [0.717, 1.165) is 11.1 Å². The Balaban J connectivity index is 2.03. The summed E-state index contributed by atoms with van der Waals surface area (Å²) in [6.45, 7) is 2.03. The zero-order valence-corrected chi connectivity index (χ0v) is 11.1. The van der Waals surface area contributed by atoms with E-state index in [1.54, 1.807) is 0 Å². The molecule has 0 aliphatic carbocycles. The number of carbonyl (C=O) groups excluding carboxylic acids is 1. The van der Waals surface area contributed by atoms with Gasteiger partial charge in [-0.1, -0.05) is 59.6 Å². The van der Waals surface area contributed by atoms with Crippen LogP contribution in [0.25, 0.3) is 0 Å². The molecule has 0 aliphatic heterocycles. The number of benzene rings is 2. The molecule has 92 valence electrons. The molecular weight excluding hydrogens is 244 g/mol. The molecule has 18 heavy (non-hydrogen) atoms. The molecule has 0 radical (unpaired) electrons. The van der Waals surface area contributed by atoms with Crippen LogP contribution in [-0.2, 0) is 17.6 Å². The maximum absolute atomic E-state index is 12.0. The van der Waals surface area contributed by atoms with Crippen molar-refractivity contribution in [3.05, 3.63) is 70.2 Å². The molecule has 0 saturated heterocycles. The Labute approximate surface area is 112 Å². The minimum Gasteiger partial charge on any atom is -0.299 e. The highest BCUT2D eigenvalue weighted by molar-refractivity contribution is 6.31. The summed E-state index contributed by atoms with van der Waals surface area (Å²) in [4.78, 5) is 12.0. The van der Waals surface area contributed by atoms with Gasteiger partial charge < -0.3 is 0 Å². The summed E-state index contributed by atoms with van der Waals surface area (Å²) in [7, 11) is 0. The van der Waals surface area contributed by atoms with E-state index in [2.05, 4.69) is 0 Å². The normalized spacial score (nSPS) is 10.3.